The summed E-state index contributed by atoms with van der Waals surface area (Å²) in [6.07, 6.45) is 0.168. The molecule has 0 heterocycles. The molecule has 0 aromatic heterocycles. The molecule has 27 heavy (non-hydrogen) atoms. The molecule has 0 aliphatic rings. The van der Waals surface area contributed by atoms with Gasteiger partial charge in [0.1, 0.15) is 0 Å². The van der Waals surface area contributed by atoms with Crippen LogP contribution in [0.5, 0.6) is 0 Å². The summed E-state index contributed by atoms with van der Waals surface area (Å²) >= 11 is 3.43. The van der Waals surface area contributed by atoms with Gasteiger partial charge in [-0.1, -0.05) is 58.4 Å². The Balaban J connectivity index is 2.58. The number of hydrogen-bond donors (Lipinski definition) is 0. The monoisotopic (exact) mass is 430 g/mol. The van der Waals surface area contributed by atoms with Crippen molar-refractivity contribution in [3.63, 3.8) is 0 Å². The predicted octanol–water partition coefficient (Wildman–Crippen LogP) is 5.27. The molecular formula is C22H23BrO4. The van der Waals surface area contributed by atoms with Crippen molar-refractivity contribution in [2.75, 3.05) is 13.2 Å². The third-order valence-corrected chi connectivity index (χ3v) is 4.46. The summed E-state index contributed by atoms with van der Waals surface area (Å²) in [5, 5.41) is 0. The molecule has 0 fully saturated rings. The zero-order chi connectivity index (χ0) is 19.6. The topological polar surface area (TPSA) is 52.6 Å². The second-order valence-corrected chi connectivity index (χ2v) is 6.71. The van der Waals surface area contributed by atoms with Gasteiger partial charge in [-0.05, 0) is 48.3 Å². The maximum absolute atomic E-state index is 12.3. The van der Waals surface area contributed by atoms with Gasteiger partial charge in [-0.25, -0.2) is 0 Å². The van der Waals surface area contributed by atoms with Crippen LogP contribution in [0, 0.1) is 0 Å². The molecule has 0 N–H and O–H groups in total. The highest BCUT2D eigenvalue weighted by Gasteiger charge is 2.19. The fourth-order valence-electron chi connectivity index (χ4n) is 2.77. The van der Waals surface area contributed by atoms with Crippen LogP contribution in [-0.4, -0.2) is 25.2 Å². The van der Waals surface area contributed by atoms with E-state index in [1.54, 1.807) is 13.8 Å². The molecule has 0 spiro atoms. The molecule has 0 bridgehead atoms. The maximum Gasteiger partial charge on any atom is 0.310 e. The van der Waals surface area contributed by atoms with Crippen molar-refractivity contribution in [2.24, 2.45) is 0 Å². The highest BCUT2D eigenvalue weighted by molar-refractivity contribution is 9.10. The second kappa shape index (κ2) is 10.7. The number of hydrogen-bond acceptors (Lipinski definition) is 4. The summed E-state index contributed by atoms with van der Waals surface area (Å²) in [6, 6.07) is 17.3. The number of esters is 2. The smallest absolute Gasteiger partial charge is 0.310 e. The van der Waals surface area contributed by atoms with E-state index in [1.165, 1.54) is 0 Å². The van der Waals surface area contributed by atoms with E-state index in [1.807, 2.05) is 54.6 Å². The molecule has 2 aromatic rings. The number of carbonyl (C=O) groups is 2. The molecule has 0 atom stereocenters. The molecule has 0 unspecified atom stereocenters. The van der Waals surface area contributed by atoms with Crippen LogP contribution in [0.3, 0.4) is 0 Å². The van der Waals surface area contributed by atoms with Gasteiger partial charge in [0.05, 0.1) is 26.1 Å². The van der Waals surface area contributed by atoms with E-state index in [9.17, 15) is 9.59 Å². The molecule has 4 nitrogen and oxygen atoms in total. The number of benzene rings is 2. The Hall–Kier alpha value is -2.40. The van der Waals surface area contributed by atoms with E-state index < -0.39 is 0 Å². The maximum atomic E-state index is 12.3. The van der Waals surface area contributed by atoms with E-state index in [4.69, 9.17) is 9.47 Å². The lowest BCUT2D eigenvalue weighted by Crippen LogP contribution is -2.10. The molecule has 2 rings (SSSR count). The predicted molar refractivity (Wildman–Crippen MR) is 110 cm³/mol. The highest BCUT2D eigenvalue weighted by atomic mass is 79.9. The number of ether oxygens (including phenoxy) is 2. The Labute approximate surface area is 168 Å². The standard InChI is InChI=1S/C22H23BrO4/c1-3-26-21(24)14-19(16-8-6-5-7-9-16)20(15-22(25)27-4-2)17-10-12-18(23)13-11-17/h5-13H,3-4,14-15H2,1-2H3. The molecule has 0 aliphatic heterocycles. The highest BCUT2D eigenvalue weighted by Crippen LogP contribution is 2.33. The zero-order valence-corrected chi connectivity index (χ0v) is 17.1. The van der Waals surface area contributed by atoms with Gasteiger partial charge in [-0.3, -0.25) is 9.59 Å². The van der Waals surface area contributed by atoms with Crippen LogP contribution in [0.25, 0.3) is 11.1 Å². The Morgan fingerprint density at radius 2 is 1.19 bits per heavy atom. The van der Waals surface area contributed by atoms with Crippen molar-refractivity contribution >= 4 is 39.0 Å². The van der Waals surface area contributed by atoms with Crippen molar-refractivity contribution in [1.82, 2.24) is 0 Å². The number of halogens is 1. The van der Waals surface area contributed by atoms with Gasteiger partial charge < -0.3 is 9.47 Å². The van der Waals surface area contributed by atoms with E-state index in [2.05, 4.69) is 15.9 Å². The summed E-state index contributed by atoms with van der Waals surface area (Å²) in [7, 11) is 0. The normalized spacial score (nSPS) is 11.5. The van der Waals surface area contributed by atoms with Crippen LogP contribution >= 0.6 is 15.9 Å². The first-order chi connectivity index (χ1) is 13.0. The van der Waals surface area contributed by atoms with Gasteiger partial charge in [0.15, 0.2) is 0 Å². The first-order valence-corrected chi connectivity index (χ1v) is 9.69. The van der Waals surface area contributed by atoms with Gasteiger partial charge in [-0.15, -0.1) is 0 Å². The molecule has 0 saturated heterocycles. The summed E-state index contributed by atoms with van der Waals surface area (Å²) in [5.41, 5.74) is 3.28. The van der Waals surface area contributed by atoms with Crippen molar-refractivity contribution in [1.29, 1.82) is 0 Å². The van der Waals surface area contributed by atoms with E-state index in [0.29, 0.717) is 13.2 Å². The first kappa shape index (κ1) is 20.9. The Kier molecular flexibility index (Phi) is 8.27. The molecule has 0 amide bonds. The minimum absolute atomic E-state index is 0.0824. The van der Waals surface area contributed by atoms with Gasteiger partial charge in [-0.2, -0.15) is 0 Å². The van der Waals surface area contributed by atoms with E-state index >= 15 is 0 Å². The fourth-order valence-corrected chi connectivity index (χ4v) is 3.03. The average Bonchev–Trinajstić information content (AvgIpc) is 2.66. The SMILES string of the molecule is CCOC(=O)CC(=C(CC(=O)OCC)c1ccc(Br)cc1)c1ccccc1. The van der Waals surface area contributed by atoms with Gasteiger partial charge in [0.25, 0.3) is 0 Å². The Morgan fingerprint density at radius 1 is 0.741 bits per heavy atom. The van der Waals surface area contributed by atoms with Crippen LogP contribution < -0.4 is 0 Å². The van der Waals surface area contributed by atoms with Crippen molar-refractivity contribution in [3.05, 3.63) is 70.2 Å². The largest absolute Gasteiger partial charge is 0.466 e. The van der Waals surface area contributed by atoms with Crippen molar-refractivity contribution in [2.45, 2.75) is 26.7 Å². The second-order valence-electron chi connectivity index (χ2n) is 5.79. The lowest BCUT2D eigenvalue weighted by molar-refractivity contribution is -0.143. The van der Waals surface area contributed by atoms with E-state index in [0.717, 1.165) is 26.7 Å². The molecule has 5 heteroatoms. The molecule has 2 aromatic carbocycles. The van der Waals surface area contributed by atoms with Crippen molar-refractivity contribution < 1.29 is 19.1 Å². The lowest BCUT2D eigenvalue weighted by Gasteiger charge is -2.16. The summed E-state index contributed by atoms with van der Waals surface area (Å²) < 4.78 is 11.3. The average molecular weight is 431 g/mol. The number of carbonyl (C=O) groups excluding carboxylic acids is 2. The number of rotatable bonds is 8. The molecule has 0 radical (unpaired) electrons. The molecule has 142 valence electrons. The quantitative estimate of drug-likeness (QED) is 0.422. The Morgan fingerprint density at radius 3 is 1.63 bits per heavy atom. The molecular weight excluding hydrogens is 408 g/mol. The van der Waals surface area contributed by atoms with Gasteiger partial charge in [0.2, 0.25) is 0 Å². The van der Waals surface area contributed by atoms with Crippen molar-refractivity contribution in [3.8, 4) is 0 Å². The van der Waals surface area contributed by atoms with Gasteiger partial charge >= 0.3 is 11.9 Å². The third kappa shape index (κ3) is 6.36. The van der Waals surface area contributed by atoms with Gasteiger partial charge in [0, 0.05) is 4.47 Å². The van der Waals surface area contributed by atoms with Crippen LogP contribution in [0.2, 0.25) is 0 Å². The fraction of sp³-hybridized carbons (Fsp3) is 0.273. The Bertz CT molecular complexity index is 795. The molecule has 0 saturated carbocycles. The van der Waals surface area contributed by atoms with E-state index in [-0.39, 0.29) is 24.8 Å². The minimum Gasteiger partial charge on any atom is -0.466 e. The first-order valence-electron chi connectivity index (χ1n) is 8.89. The van der Waals surface area contributed by atoms with Crippen LogP contribution in [0.4, 0.5) is 0 Å². The van der Waals surface area contributed by atoms with Crippen LogP contribution in [0.1, 0.15) is 37.8 Å². The lowest BCUT2D eigenvalue weighted by atomic mass is 9.90. The zero-order valence-electron chi connectivity index (χ0n) is 15.5. The summed E-state index contributed by atoms with van der Waals surface area (Å²) in [6.45, 7) is 4.17. The summed E-state index contributed by atoms with van der Waals surface area (Å²) in [5.74, 6) is -0.650. The third-order valence-electron chi connectivity index (χ3n) is 3.93. The summed E-state index contributed by atoms with van der Waals surface area (Å²) in [4.78, 5) is 24.5. The molecule has 0 aliphatic carbocycles. The van der Waals surface area contributed by atoms with Crippen LogP contribution in [-0.2, 0) is 19.1 Å². The minimum atomic E-state index is -0.326. The van der Waals surface area contributed by atoms with Crippen LogP contribution in [0.15, 0.2) is 59.1 Å².